The van der Waals surface area contributed by atoms with Crippen LogP contribution in [0.1, 0.15) is 29.7 Å². The van der Waals surface area contributed by atoms with Crippen LogP contribution >= 0.6 is 24.0 Å². The van der Waals surface area contributed by atoms with E-state index in [0.29, 0.717) is 12.5 Å². The Balaban J connectivity index is 0.00000176. The highest BCUT2D eigenvalue weighted by Gasteiger charge is 2.13. The Morgan fingerprint density at radius 2 is 2.14 bits per heavy atom. The second-order valence-corrected chi connectivity index (χ2v) is 5.46. The van der Waals surface area contributed by atoms with E-state index < -0.39 is 0 Å². The summed E-state index contributed by atoms with van der Waals surface area (Å²) in [4.78, 5) is 4.36. The quantitative estimate of drug-likeness (QED) is 0.464. The molecule has 1 aromatic carbocycles. The Hall–Kier alpha value is -1.57. The lowest BCUT2D eigenvalue weighted by Crippen LogP contribution is -2.24. The van der Waals surface area contributed by atoms with Crippen molar-refractivity contribution >= 4 is 35.6 Å². The van der Waals surface area contributed by atoms with Crippen molar-refractivity contribution in [1.82, 2.24) is 9.78 Å². The molecular formula is C16H22IN5. The minimum absolute atomic E-state index is 0. The second-order valence-electron chi connectivity index (χ2n) is 5.46. The first-order chi connectivity index (χ1) is 10.2. The highest BCUT2D eigenvalue weighted by atomic mass is 127. The van der Waals surface area contributed by atoms with Crippen molar-refractivity contribution in [2.24, 2.45) is 17.8 Å². The van der Waals surface area contributed by atoms with Gasteiger partial charge in [0.2, 0.25) is 0 Å². The monoisotopic (exact) mass is 411 g/mol. The molecule has 1 aliphatic rings. The molecule has 1 heterocycles. The van der Waals surface area contributed by atoms with E-state index in [-0.39, 0.29) is 24.0 Å². The van der Waals surface area contributed by atoms with Gasteiger partial charge in [0.1, 0.15) is 0 Å². The lowest BCUT2D eigenvalue weighted by atomic mass is 9.90. The van der Waals surface area contributed by atoms with E-state index in [1.807, 2.05) is 19.3 Å². The van der Waals surface area contributed by atoms with Crippen molar-refractivity contribution in [3.05, 3.63) is 47.3 Å². The number of guanidine groups is 1. The molecule has 0 saturated carbocycles. The normalized spacial score (nSPS) is 14.1. The number of aromatic nitrogens is 2. The maximum atomic E-state index is 6.00. The maximum absolute atomic E-state index is 6.00. The largest absolute Gasteiger partial charge is 0.370 e. The predicted molar refractivity (Wildman–Crippen MR) is 101 cm³/mol. The Kier molecular flexibility index (Phi) is 5.82. The second kappa shape index (κ2) is 7.62. The molecule has 22 heavy (non-hydrogen) atoms. The van der Waals surface area contributed by atoms with E-state index in [0.717, 1.165) is 24.2 Å². The van der Waals surface area contributed by atoms with Gasteiger partial charge in [0, 0.05) is 18.9 Å². The average molecular weight is 411 g/mol. The number of hydrogen-bond acceptors (Lipinski definition) is 2. The molecule has 5 nitrogen and oxygen atoms in total. The Labute approximate surface area is 148 Å². The molecule has 6 heteroatoms. The minimum Gasteiger partial charge on any atom is -0.370 e. The Bertz CT molecular complexity index is 662. The zero-order chi connectivity index (χ0) is 14.7. The molecule has 3 N–H and O–H groups in total. The van der Waals surface area contributed by atoms with Crippen molar-refractivity contribution in [3.8, 4) is 0 Å². The van der Waals surface area contributed by atoms with Gasteiger partial charge in [0.05, 0.1) is 12.2 Å². The molecular weight excluding hydrogens is 389 g/mol. The van der Waals surface area contributed by atoms with E-state index in [1.165, 1.54) is 24.0 Å². The van der Waals surface area contributed by atoms with Crippen LogP contribution in [0, 0.1) is 0 Å². The van der Waals surface area contributed by atoms with Crippen molar-refractivity contribution in [2.75, 3.05) is 5.32 Å². The van der Waals surface area contributed by atoms with Crippen LogP contribution in [-0.4, -0.2) is 15.7 Å². The van der Waals surface area contributed by atoms with Gasteiger partial charge < -0.3 is 11.1 Å². The van der Waals surface area contributed by atoms with E-state index >= 15 is 0 Å². The van der Waals surface area contributed by atoms with Gasteiger partial charge in [-0.2, -0.15) is 5.10 Å². The third-order valence-electron chi connectivity index (χ3n) is 3.84. The number of nitrogens with one attached hydrogen (secondary N) is 1. The highest BCUT2D eigenvalue weighted by Crippen LogP contribution is 2.27. The van der Waals surface area contributed by atoms with Gasteiger partial charge in [0.25, 0.3) is 0 Å². The van der Waals surface area contributed by atoms with Crippen LogP contribution in [0.3, 0.4) is 0 Å². The molecule has 0 amide bonds. The van der Waals surface area contributed by atoms with Crippen molar-refractivity contribution in [2.45, 2.75) is 32.2 Å². The number of aryl methyl sites for hydroxylation is 2. The number of benzene rings is 1. The number of halogens is 1. The minimum atomic E-state index is 0. The summed E-state index contributed by atoms with van der Waals surface area (Å²) >= 11 is 0. The van der Waals surface area contributed by atoms with Crippen LogP contribution in [0.15, 0.2) is 35.5 Å². The van der Waals surface area contributed by atoms with Gasteiger partial charge in [-0.05, 0) is 48.9 Å². The third-order valence-corrected chi connectivity index (χ3v) is 3.84. The van der Waals surface area contributed by atoms with Crippen molar-refractivity contribution in [3.63, 3.8) is 0 Å². The summed E-state index contributed by atoms with van der Waals surface area (Å²) in [5.41, 5.74) is 10.8. The van der Waals surface area contributed by atoms with Gasteiger partial charge in [0.15, 0.2) is 5.96 Å². The summed E-state index contributed by atoms with van der Waals surface area (Å²) in [6.07, 6.45) is 6.71. The van der Waals surface area contributed by atoms with Gasteiger partial charge in [-0.1, -0.05) is 12.1 Å². The molecule has 0 radical (unpaired) electrons. The smallest absolute Gasteiger partial charge is 0.193 e. The fraction of sp³-hybridized carbons (Fsp3) is 0.375. The zero-order valence-electron chi connectivity index (χ0n) is 12.7. The molecule has 0 saturated heterocycles. The lowest BCUT2D eigenvalue weighted by Gasteiger charge is -2.19. The van der Waals surface area contributed by atoms with Crippen molar-refractivity contribution < 1.29 is 0 Å². The van der Waals surface area contributed by atoms with Gasteiger partial charge in [-0.25, -0.2) is 4.99 Å². The summed E-state index contributed by atoms with van der Waals surface area (Å²) in [5, 5.41) is 7.53. The van der Waals surface area contributed by atoms with Crippen LogP contribution in [0.2, 0.25) is 0 Å². The fourth-order valence-electron chi connectivity index (χ4n) is 2.79. The first-order valence-electron chi connectivity index (χ1n) is 7.38. The number of hydrogen-bond donors (Lipinski definition) is 2. The molecule has 1 aliphatic carbocycles. The molecule has 0 aliphatic heterocycles. The highest BCUT2D eigenvalue weighted by molar-refractivity contribution is 14.0. The standard InChI is InChI=1S/C16H21N5.HI/c1-21-10-9-13(20-21)11-18-16(17)19-15-8-4-6-12-5-2-3-7-14(12)15;/h4,6,8-10H,2-3,5,7,11H2,1H3,(H3,17,18,19);1H. The number of rotatable bonds is 3. The van der Waals surface area contributed by atoms with E-state index in [1.54, 1.807) is 4.68 Å². The SMILES string of the molecule is Cn1ccc(CN=C(N)Nc2cccc3c2CCCC3)n1.I. The summed E-state index contributed by atoms with van der Waals surface area (Å²) in [6.45, 7) is 0.495. The summed E-state index contributed by atoms with van der Waals surface area (Å²) in [6, 6.07) is 8.31. The number of nitrogens with two attached hydrogens (primary N) is 1. The predicted octanol–water partition coefficient (Wildman–Crippen LogP) is 2.84. The maximum Gasteiger partial charge on any atom is 0.193 e. The lowest BCUT2D eigenvalue weighted by molar-refractivity contribution is 0.687. The van der Waals surface area contributed by atoms with Gasteiger partial charge >= 0.3 is 0 Å². The Morgan fingerprint density at radius 1 is 1.32 bits per heavy atom. The van der Waals surface area contributed by atoms with Crippen LogP contribution < -0.4 is 11.1 Å². The van der Waals surface area contributed by atoms with Crippen LogP contribution in [0.25, 0.3) is 0 Å². The molecule has 0 unspecified atom stereocenters. The fourth-order valence-corrected chi connectivity index (χ4v) is 2.79. The van der Waals surface area contributed by atoms with Gasteiger partial charge in [-0.3, -0.25) is 4.68 Å². The summed E-state index contributed by atoms with van der Waals surface area (Å²) in [7, 11) is 1.89. The third kappa shape index (κ3) is 4.00. The van der Waals surface area contributed by atoms with Crippen LogP contribution in [-0.2, 0) is 26.4 Å². The first kappa shape index (κ1) is 16.8. The summed E-state index contributed by atoms with van der Waals surface area (Å²) in [5.74, 6) is 0.444. The molecule has 2 aromatic rings. The molecule has 0 spiro atoms. The molecule has 0 fully saturated rings. The molecule has 0 bridgehead atoms. The molecule has 0 atom stereocenters. The van der Waals surface area contributed by atoms with Gasteiger partial charge in [-0.15, -0.1) is 24.0 Å². The first-order valence-corrected chi connectivity index (χ1v) is 7.38. The number of nitrogens with zero attached hydrogens (tertiary/aromatic N) is 3. The number of anilines is 1. The number of fused-ring (bicyclic) bond motifs is 1. The van der Waals surface area contributed by atoms with Crippen LogP contribution in [0.5, 0.6) is 0 Å². The van der Waals surface area contributed by atoms with E-state index in [4.69, 9.17) is 5.73 Å². The Morgan fingerprint density at radius 3 is 2.91 bits per heavy atom. The average Bonchev–Trinajstić information content (AvgIpc) is 2.91. The molecule has 118 valence electrons. The molecule has 3 rings (SSSR count). The van der Waals surface area contributed by atoms with Crippen LogP contribution in [0.4, 0.5) is 5.69 Å². The van der Waals surface area contributed by atoms with E-state index in [2.05, 4.69) is 33.6 Å². The molecule has 1 aromatic heterocycles. The zero-order valence-corrected chi connectivity index (χ0v) is 15.1. The van der Waals surface area contributed by atoms with Crippen molar-refractivity contribution in [1.29, 1.82) is 0 Å². The van der Waals surface area contributed by atoms with E-state index in [9.17, 15) is 0 Å². The summed E-state index contributed by atoms with van der Waals surface area (Å²) < 4.78 is 1.77. The topological polar surface area (TPSA) is 68.2 Å². The number of aliphatic imine (C=N–C) groups is 1.